The molecule has 1 aliphatic rings. The predicted molar refractivity (Wildman–Crippen MR) is 109 cm³/mol. The SMILES string of the molecule is Cc1ccc(C(C)C)cc1OCC(=O)Nc1ccc(N2CCOCC2)cc1. The summed E-state index contributed by atoms with van der Waals surface area (Å²) >= 11 is 0. The van der Waals surface area contributed by atoms with Crippen LogP contribution in [0.4, 0.5) is 11.4 Å². The molecule has 0 aliphatic carbocycles. The maximum atomic E-state index is 12.2. The molecule has 1 fully saturated rings. The van der Waals surface area contributed by atoms with Crippen LogP contribution >= 0.6 is 0 Å². The summed E-state index contributed by atoms with van der Waals surface area (Å²) < 4.78 is 11.1. The Morgan fingerprint density at radius 1 is 1.15 bits per heavy atom. The maximum absolute atomic E-state index is 12.2. The number of nitrogens with zero attached hydrogens (tertiary/aromatic N) is 1. The van der Waals surface area contributed by atoms with Crippen LogP contribution in [0.5, 0.6) is 5.75 Å². The minimum atomic E-state index is -0.163. The number of benzene rings is 2. The van der Waals surface area contributed by atoms with E-state index in [9.17, 15) is 4.79 Å². The molecule has 5 nitrogen and oxygen atoms in total. The second-order valence-electron chi connectivity index (χ2n) is 7.16. The minimum absolute atomic E-state index is 0.00635. The number of carbonyl (C=O) groups excluding carboxylic acids is 1. The predicted octanol–water partition coefficient (Wildman–Crippen LogP) is 3.97. The summed E-state index contributed by atoms with van der Waals surface area (Å²) in [7, 11) is 0. The fourth-order valence-corrected chi connectivity index (χ4v) is 3.05. The number of hydrogen-bond acceptors (Lipinski definition) is 4. The quantitative estimate of drug-likeness (QED) is 0.838. The van der Waals surface area contributed by atoms with Gasteiger partial charge >= 0.3 is 0 Å². The van der Waals surface area contributed by atoms with Crippen molar-refractivity contribution in [2.45, 2.75) is 26.7 Å². The lowest BCUT2D eigenvalue weighted by atomic mass is 10.0. The van der Waals surface area contributed by atoms with Crippen LogP contribution in [-0.4, -0.2) is 38.8 Å². The second kappa shape index (κ2) is 8.91. The molecule has 1 aliphatic heterocycles. The standard InChI is InChI=1S/C22H28N2O3/c1-16(2)18-5-4-17(3)21(14-18)27-15-22(25)23-19-6-8-20(9-7-19)24-10-12-26-13-11-24/h4-9,14,16H,10-13,15H2,1-3H3,(H,23,25). The van der Waals surface area contributed by atoms with Gasteiger partial charge in [0.2, 0.25) is 0 Å². The molecule has 0 saturated carbocycles. The summed E-state index contributed by atoms with van der Waals surface area (Å²) in [5.41, 5.74) is 4.15. The van der Waals surface area contributed by atoms with Gasteiger partial charge in [-0.15, -0.1) is 0 Å². The van der Waals surface area contributed by atoms with E-state index in [2.05, 4.69) is 30.1 Å². The van der Waals surface area contributed by atoms with Crippen molar-refractivity contribution in [3.8, 4) is 5.75 Å². The van der Waals surface area contributed by atoms with E-state index in [0.717, 1.165) is 49.0 Å². The molecule has 144 valence electrons. The summed E-state index contributed by atoms with van der Waals surface area (Å²) in [6.07, 6.45) is 0. The van der Waals surface area contributed by atoms with Crippen LogP contribution in [0.2, 0.25) is 0 Å². The van der Waals surface area contributed by atoms with Gasteiger partial charge in [-0.3, -0.25) is 4.79 Å². The number of anilines is 2. The van der Waals surface area contributed by atoms with Gasteiger partial charge in [0.1, 0.15) is 5.75 Å². The Morgan fingerprint density at radius 3 is 2.52 bits per heavy atom. The van der Waals surface area contributed by atoms with Crippen LogP contribution in [-0.2, 0) is 9.53 Å². The van der Waals surface area contributed by atoms with E-state index in [1.807, 2.05) is 43.3 Å². The number of nitrogens with one attached hydrogen (secondary N) is 1. The third kappa shape index (κ3) is 5.23. The number of rotatable bonds is 6. The molecule has 27 heavy (non-hydrogen) atoms. The maximum Gasteiger partial charge on any atom is 0.262 e. The van der Waals surface area contributed by atoms with Gasteiger partial charge < -0.3 is 19.7 Å². The van der Waals surface area contributed by atoms with E-state index >= 15 is 0 Å². The Morgan fingerprint density at radius 2 is 1.85 bits per heavy atom. The van der Waals surface area contributed by atoms with Crippen molar-refractivity contribution in [1.82, 2.24) is 0 Å². The lowest BCUT2D eigenvalue weighted by molar-refractivity contribution is -0.118. The summed E-state index contributed by atoms with van der Waals surface area (Å²) in [5, 5.41) is 2.89. The van der Waals surface area contributed by atoms with Crippen molar-refractivity contribution in [2.24, 2.45) is 0 Å². The second-order valence-corrected chi connectivity index (χ2v) is 7.16. The number of ether oxygens (including phenoxy) is 2. The van der Waals surface area contributed by atoms with Crippen molar-refractivity contribution in [1.29, 1.82) is 0 Å². The zero-order valence-electron chi connectivity index (χ0n) is 16.3. The first kappa shape index (κ1) is 19.2. The van der Waals surface area contributed by atoms with E-state index in [1.165, 1.54) is 5.56 Å². The third-order valence-electron chi connectivity index (χ3n) is 4.76. The summed E-state index contributed by atoms with van der Waals surface area (Å²) in [6.45, 7) is 9.57. The highest BCUT2D eigenvalue weighted by molar-refractivity contribution is 5.92. The zero-order chi connectivity index (χ0) is 19.2. The van der Waals surface area contributed by atoms with Crippen LogP contribution in [0.3, 0.4) is 0 Å². The Balaban J connectivity index is 1.54. The Bertz CT molecular complexity index is 766. The van der Waals surface area contributed by atoms with Gasteiger partial charge in [-0.2, -0.15) is 0 Å². The molecule has 2 aromatic carbocycles. The van der Waals surface area contributed by atoms with Crippen molar-refractivity contribution in [3.63, 3.8) is 0 Å². The van der Waals surface area contributed by atoms with E-state index in [4.69, 9.17) is 9.47 Å². The van der Waals surface area contributed by atoms with Crippen molar-refractivity contribution in [3.05, 3.63) is 53.6 Å². The molecule has 2 aromatic rings. The highest BCUT2D eigenvalue weighted by atomic mass is 16.5. The average Bonchev–Trinajstić information content (AvgIpc) is 2.68. The minimum Gasteiger partial charge on any atom is -0.483 e. The first-order valence-electron chi connectivity index (χ1n) is 9.49. The molecule has 1 N–H and O–H groups in total. The molecule has 1 saturated heterocycles. The van der Waals surface area contributed by atoms with Crippen molar-refractivity contribution < 1.29 is 14.3 Å². The molecule has 1 heterocycles. The van der Waals surface area contributed by atoms with Gasteiger partial charge in [-0.1, -0.05) is 26.0 Å². The number of aryl methyl sites for hydroxylation is 1. The van der Waals surface area contributed by atoms with Gasteiger partial charge in [-0.05, 0) is 54.3 Å². The van der Waals surface area contributed by atoms with E-state index in [0.29, 0.717) is 5.92 Å². The first-order valence-corrected chi connectivity index (χ1v) is 9.49. The molecular formula is C22H28N2O3. The van der Waals surface area contributed by atoms with Gasteiger partial charge in [-0.25, -0.2) is 0 Å². The fraction of sp³-hybridized carbons (Fsp3) is 0.409. The summed E-state index contributed by atoms with van der Waals surface area (Å²) in [5.74, 6) is 1.02. The Hall–Kier alpha value is -2.53. The number of hydrogen-bond donors (Lipinski definition) is 1. The Labute approximate surface area is 161 Å². The van der Waals surface area contributed by atoms with Gasteiger partial charge in [0.05, 0.1) is 13.2 Å². The highest BCUT2D eigenvalue weighted by Gasteiger charge is 2.12. The van der Waals surface area contributed by atoms with Gasteiger partial charge in [0.15, 0.2) is 6.61 Å². The molecule has 0 bridgehead atoms. The van der Waals surface area contributed by atoms with Crippen molar-refractivity contribution in [2.75, 3.05) is 43.1 Å². The Kier molecular flexibility index (Phi) is 6.35. The fourth-order valence-electron chi connectivity index (χ4n) is 3.05. The molecule has 0 aromatic heterocycles. The topological polar surface area (TPSA) is 50.8 Å². The van der Waals surface area contributed by atoms with Crippen LogP contribution in [0, 0.1) is 6.92 Å². The van der Waals surface area contributed by atoms with Crippen LogP contribution in [0.25, 0.3) is 0 Å². The molecule has 0 atom stereocenters. The lowest BCUT2D eigenvalue weighted by Crippen LogP contribution is -2.36. The normalized spacial score (nSPS) is 14.3. The van der Waals surface area contributed by atoms with Crippen LogP contribution in [0.15, 0.2) is 42.5 Å². The average molecular weight is 368 g/mol. The van der Waals surface area contributed by atoms with E-state index in [1.54, 1.807) is 0 Å². The monoisotopic (exact) mass is 368 g/mol. The zero-order valence-corrected chi connectivity index (χ0v) is 16.3. The third-order valence-corrected chi connectivity index (χ3v) is 4.76. The molecule has 5 heteroatoms. The van der Waals surface area contributed by atoms with E-state index in [-0.39, 0.29) is 12.5 Å². The highest BCUT2D eigenvalue weighted by Crippen LogP contribution is 2.24. The lowest BCUT2D eigenvalue weighted by Gasteiger charge is -2.28. The number of amides is 1. The molecule has 0 unspecified atom stereocenters. The smallest absolute Gasteiger partial charge is 0.262 e. The molecule has 3 rings (SSSR count). The van der Waals surface area contributed by atoms with Crippen LogP contribution < -0.4 is 15.0 Å². The first-order chi connectivity index (χ1) is 13.0. The molecule has 0 radical (unpaired) electrons. The molecule has 1 amide bonds. The van der Waals surface area contributed by atoms with Gasteiger partial charge in [0.25, 0.3) is 5.91 Å². The van der Waals surface area contributed by atoms with E-state index < -0.39 is 0 Å². The summed E-state index contributed by atoms with van der Waals surface area (Å²) in [4.78, 5) is 14.5. The summed E-state index contributed by atoms with van der Waals surface area (Å²) in [6, 6.07) is 14.1. The molecular weight excluding hydrogens is 340 g/mol. The number of morpholine rings is 1. The van der Waals surface area contributed by atoms with Crippen molar-refractivity contribution >= 4 is 17.3 Å². The molecule has 0 spiro atoms. The largest absolute Gasteiger partial charge is 0.483 e. The number of carbonyl (C=O) groups is 1. The van der Waals surface area contributed by atoms with Crippen LogP contribution in [0.1, 0.15) is 30.9 Å². The van der Waals surface area contributed by atoms with Gasteiger partial charge in [0, 0.05) is 24.5 Å².